The van der Waals surface area contributed by atoms with Gasteiger partial charge in [-0.3, -0.25) is 4.79 Å². The molecule has 250 valence electrons. The van der Waals surface area contributed by atoms with E-state index < -0.39 is 35.3 Å². The van der Waals surface area contributed by atoms with E-state index in [4.69, 9.17) is 16.3 Å². The van der Waals surface area contributed by atoms with E-state index in [9.17, 15) is 28.6 Å². The number of fused-ring (bicyclic) bond motifs is 1. The summed E-state index contributed by atoms with van der Waals surface area (Å²) >= 11 is 7.43. The van der Waals surface area contributed by atoms with E-state index in [1.54, 1.807) is 18.9 Å². The molecule has 2 amide bonds. The standard InChI is InChI=1S/C36H39ClF2N2O5S/c1-20(42)21-6-8-22(9-7-21)23-10-17-29(46-5)24(18-23)19-40(25-11-13-26(14-12-25)41(35(44)45)36(2,3)4)34(43)33-31(37)30-27(38)15-16-28(39)32(30)47-33/h6-10,15-18,20,25-26,42H,11-14,19H2,1-5H3,(H,44,45). The molecule has 1 aromatic heterocycles. The third kappa shape index (κ3) is 7.10. The van der Waals surface area contributed by atoms with Gasteiger partial charge < -0.3 is 24.7 Å². The van der Waals surface area contributed by atoms with Crippen LogP contribution in [0.4, 0.5) is 13.6 Å². The van der Waals surface area contributed by atoms with Gasteiger partial charge >= 0.3 is 6.09 Å². The Morgan fingerprint density at radius 3 is 2.13 bits per heavy atom. The average Bonchev–Trinajstić information content (AvgIpc) is 3.39. The summed E-state index contributed by atoms with van der Waals surface area (Å²) in [6, 6.07) is 14.7. The molecule has 5 rings (SSSR count). The van der Waals surface area contributed by atoms with Gasteiger partial charge in [0.2, 0.25) is 0 Å². The summed E-state index contributed by atoms with van der Waals surface area (Å²) in [7, 11) is 1.55. The molecule has 1 saturated carbocycles. The Morgan fingerprint density at radius 1 is 0.979 bits per heavy atom. The summed E-state index contributed by atoms with van der Waals surface area (Å²) in [6.45, 7) is 7.41. The number of nitrogens with zero attached hydrogens (tertiary/aromatic N) is 2. The number of carbonyl (C=O) groups excluding carboxylic acids is 1. The number of thiophene rings is 1. The van der Waals surface area contributed by atoms with Crippen molar-refractivity contribution in [3.63, 3.8) is 0 Å². The molecule has 0 spiro atoms. The third-order valence-electron chi connectivity index (χ3n) is 8.89. The first-order valence-electron chi connectivity index (χ1n) is 15.6. The second-order valence-corrected chi connectivity index (χ2v) is 14.4. The monoisotopic (exact) mass is 684 g/mol. The number of amides is 2. The topological polar surface area (TPSA) is 90.3 Å². The SMILES string of the molecule is COc1ccc(-c2ccc(C(C)O)cc2)cc1CN(C(=O)c1sc2c(F)ccc(F)c2c1Cl)C1CCC(N(C(=O)O)C(C)(C)C)CC1. The minimum absolute atomic E-state index is 0.0236. The normalized spacial score (nSPS) is 17.4. The van der Waals surface area contributed by atoms with Crippen molar-refractivity contribution in [2.75, 3.05) is 7.11 Å². The van der Waals surface area contributed by atoms with Gasteiger partial charge in [-0.1, -0.05) is 41.9 Å². The molecule has 1 atom stereocenters. The van der Waals surface area contributed by atoms with Crippen LogP contribution in [0.1, 0.15) is 80.3 Å². The van der Waals surface area contributed by atoms with Crippen LogP contribution < -0.4 is 4.74 Å². The van der Waals surface area contributed by atoms with Crippen molar-refractivity contribution in [2.24, 2.45) is 0 Å². The Balaban J connectivity index is 1.53. The van der Waals surface area contributed by atoms with Gasteiger partial charge in [0.1, 0.15) is 22.3 Å². The predicted octanol–water partition coefficient (Wildman–Crippen LogP) is 9.29. The molecule has 0 saturated heterocycles. The number of carboxylic acid groups (broad SMARTS) is 1. The van der Waals surface area contributed by atoms with Crippen molar-refractivity contribution in [3.05, 3.63) is 87.3 Å². The number of carbonyl (C=O) groups is 2. The maximum absolute atomic E-state index is 14.8. The zero-order chi connectivity index (χ0) is 34.2. The zero-order valence-electron chi connectivity index (χ0n) is 27.0. The number of hydrogen-bond donors (Lipinski definition) is 2. The van der Waals surface area contributed by atoms with Gasteiger partial charge in [0.05, 0.1) is 28.3 Å². The van der Waals surface area contributed by atoms with E-state index in [1.807, 2.05) is 63.2 Å². The van der Waals surface area contributed by atoms with Gasteiger partial charge in [0.15, 0.2) is 0 Å². The lowest BCUT2D eigenvalue weighted by atomic mass is 9.86. The number of hydrogen-bond acceptors (Lipinski definition) is 5. The summed E-state index contributed by atoms with van der Waals surface area (Å²) < 4.78 is 35.3. The molecule has 7 nitrogen and oxygen atoms in total. The van der Waals surface area contributed by atoms with Crippen LogP contribution in [-0.4, -0.2) is 56.7 Å². The lowest BCUT2D eigenvalue weighted by Gasteiger charge is -2.44. The Kier molecular flexibility index (Phi) is 10.1. The molecule has 2 N–H and O–H groups in total. The lowest BCUT2D eigenvalue weighted by molar-refractivity contribution is 0.0344. The number of benzene rings is 3. The minimum Gasteiger partial charge on any atom is -0.496 e. The van der Waals surface area contributed by atoms with Crippen LogP contribution in [0.2, 0.25) is 5.02 Å². The maximum Gasteiger partial charge on any atom is 0.407 e. The van der Waals surface area contributed by atoms with Crippen LogP contribution in [0.5, 0.6) is 5.75 Å². The molecule has 1 aliphatic carbocycles. The van der Waals surface area contributed by atoms with Crippen LogP contribution in [0.3, 0.4) is 0 Å². The Morgan fingerprint density at radius 2 is 1.57 bits per heavy atom. The van der Waals surface area contributed by atoms with Crippen LogP contribution in [0.25, 0.3) is 21.2 Å². The maximum atomic E-state index is 14.8. The van der Waals surface area contributed by atoms with E-state index in [0.717, 1.165) is 45.7 Å². The summed E-state index contributed by atoms with van der Waals surface area (Å²) in [6.07, 6.45) is 0.522. The molecule has 11 heteroatoms. The summed E-state index contributed by atoms with van der Waals surface area (Å²) in [5.41, 5.74) is 2.69. The number of aliphatic hydroxyl groups excluding tert-OH is 1. The molecular formula is C36H39ClF2N2O5S. The number of methoxy groups -OCH3 is 1. The van der Waals surface area contributed by atoms with Crippen molar-refractivity contribution >= 4 is 45.0 Å². The highest BCUT2D eigenvalue weighted by Crippen LogP contribution is 2.41. The quantitative estimate of drug-likeness (QED) is 0.193. The molecule has 0 radical (unpaired) electrons. The van der Waals surface area contributed by atoms with Crippen molar-refractivity contribution in [3.8, 4) is 16.9 Å². The Bertz CT molecular complexity index is 1780. The van der Waals surface area contributed by atoms with Crippen LogP contribution >= 0.6 is 22.9 Å². The highest BCUT2D eigenvalue weighted by atomic mass is 35.5. The van der Waals surface area contributed by atoms with Crippen LogP contribution in [-0.2, 0) is 6.54 Å². The van der Waals surface area contributed by atoms with Crippen molar-refractivity contribution in [1.29, 1.82) is 0 Å². The van der Waals surface area contributed by atoms with Gasteiger partial charge in [-0.2, -0.15) is 0 Å². The van der Waals surface area contributed by atoms with Gasteiger partial charge in [-0.15, -0.1) is 11.3 Å². The van der Waals surface area contributed by atoms with Crippen LogP contribution in [0.15, 0.2) is 54.6 Å². The number of ether oxygens (including phenoxy) is 1. The molecule has 47 heavy (non-hydrogen) atoms. The third-order valence-corrected chi connectivity index (χ3v) is 10.6. The second kappa shape index (κ2) is 13.8. The van der Waals surface area contributed by atoms with Gasteiger partial charge in [-0.25, -0.2) is 13.6 Å². The van der Waals surface area contributed by atoms with Gasteiger partial charge in [0, 0.05) is 29.7 Å². The highest BCUT2D eigenvalue weighted by molar-refractivity contribution is 7.21. The first-order valence-corrected chi connectivity index (χ1v) is 16.7. The van der Waals surface area contributed by atoms with Crippen molar-refractivity contribution < 1.29 is 33.3 Å². The Labute approximate surface area is 282 Å². The van der Waals surface area contributed by atoms with E-state index >= 15 is 0 Å². The molecule has 1 aliphatic rings. The lowest BCUT2D eigenvalue weighted by Crippen LogP contribution is -2.53. The van der Waals surface area contributed by atoms with E-state index in [1.165, 1.54) is 4.90 Å². The minimum atomic E-state index is -0.988. The fourth-order valence-corrected chi connectivity index (χ4v) is 8.08. The molecule has 1 fully saturated rings. The molecule has 0 aliphatic heterocycles. The molecule has 0 bridgehead atoms. The van der Waals surface area contributed by atoms with E-state index in [2.05, 4.69) is 0 Å². The zero-order valence-corrected chi connectivity index (χ0v) is 28.6. The first-order chi connectivity index (χ1) is 22.2. The molecular weight excluding hydrogens is 646 g/mol. The van der Waals surface area contributed by atoms with E-state index in [-0.39, 0.29) is 38.6 Å². The fourth-order valence-electron chi connectivity index (χ4n) is 6.57. The fraction of sp³-hybridized carbons (Fsp3) is 0.389. The molecule has 4 aromatic rings. The molecule has 1 unspecified atom stereocenters. The smallest absolute Gasteiger partial charge is 0.407 e. The summed E-state index contributed by atoms with van der Waals surface area (Å²) in [5, 5.41) is 19.7. The largest absolute Gasteiger partial charge is 0.496 e. The number of halogens is 3. The highest BCUT2D eigenvalue weighted by Gasteiger charge is 2.39. The van der Waals surface area contributed by atoms with Gasteiger partial charge in [-0.05, 0) is 94.3 Å². The van der Waals surface area contributed by atoms with Crippen molar-refractivity contribution in [2.45, 2.75) is 83.6 Å². The van der Waals surface area contributed by atoms with Gasteiger partial charge in [0.25, 0.3) is 5.91 Å². The summed E-state index contributed by atoms with van der Waals surface area (Å²) in [5.74, 6) is -1.27. The predicted molar refractivity (Wildman–Crippen MR) is 181 cm³/mol. The Hall–Kier alpha value is -3.73. The van der Waals surface area contributed by atoms with E-state index in [0.29, 0.717) is 31.4 Å². The first kappa shape index (κ1) is 34.6. The van der Waals surface area contributed by atoms with Crippen molar-refractivity contribution in [1.82, 2.24) is 9.80 Å². The number of aliphatic hydroxyl groups is 1. The average molecular weight is 685 g/mol. The van der Waals surface area contributed by atoms with Crippen LogP contribution in [0, 0.1) is 11.6 Å². The summed E-state index contributed by atoms with van der Waals surface area (Å²) in [4.78, 5) is 29.9. The number of rotatable bonds is 8. The molecule has 1 heterocycles. The molecule has 3 aromatic carbocycles. The second-order valence-electron chi connectivity index (χ2n) is 13.0.